The lowest BCUT2D eigenvalue weighted by molar-refractivity contribution is 0.718. The highest BCUT2D eigenvalue weighted by Gasteiger charge is 2.06. The summed E-state index contributed by atoms with van der Waals surface area (Å²) >= 11 is 0. The first-order chi connectivity index (χ1) is 11.8. The Labute approximate surface area is 166 Å². The number of hydrogen-bond donors (Lipinski definition) is 3. The highest BCUT2D eigenvalue weighted by molar-refractivity contribution is 14.0. The van der Waals surface area contributed by atoms with Crippen molar-refractivity contribution in [2.24, 2.45) is 12.0 Å². The number of aryl methyl sites for hydroxylation is 1. The van der Waals surface area contributed by atoms with Gasteiger partial charge >= 0.3 is 0 Å². The molecule has 2 heterocycles. The lowest BCUT2D eigenvalue weighted by Gasteiger charge is -2.12. The Morgan fingerprint density at radius 1 is 1.16 bits per heavy atom. The maximum absolute atomic E-state index is 4.58. The van der Waals surface area contributed by atoms with E-state index in [1.807, 2.05) is 7.05 Å². The van der Waals surface area contributed by atoms with Crippen molar-refractivity contribution in [3.63, 3.8) is 0 Å². The van der Waals surface area contributed by atoms with E-state index in [0.717, 1.165) is 55.4 Å². The maximum atomic E-state index is 4.58. The fourth-order valence-corrected chi connectivity index (χ4v) is 2.36. The van der Waals surface area contributed by atoms with Gasteiger partial charge in [0.05, 0.1) is 11.6 Å². The van der Waals surface area contributed by atoms with Crippen LogP contribution in [0.1, 0.15) is 33.1 Å². The quantitative estimate of drug-likeness (QED) is 0.230. The minimum absolute atomic E-state index is 0. The molecule has 0 bridgehead atoms. The predicted octanol–water partition coefficient (Wildman–Crippen LogP) is 2.14. The molecule has 0 saturated heterocycles. The molecule has 3 N–H and O–H groups in total. The Bertz CT molecular complexity index is 655. The SMILES string of the molecule is CCCCCN=C(NCC)NCCNc1ncnc2c1cnn2C.I. The third-order valence-corrected chi connectivity index (χ3v) is 3.62. The number of unbranched alkanes of at least 4 members (excludes halogenated alkanes) is 2. The number of guanidine groups is 1. The summed E-state index contributed by atoms with van der Waals surface area (Å²) in [4.78, 5) is 13.1. The van der Waals surface area contributed by atoms with Gasteiger partial charge in [-0.1, -0.05) is 19.8 Å². The van der Waals surface area contributed by atoms with Crippen LogP contribution in [0.25, 0.3) is 11.0 Å². The summed E-state index contributed by atoms with van der Waals surface area (Å²) in [5.41, 5.74) is 0.825. The van der Waals surface area contributed by atoms with Crippen molar-refractivity contribution in [1.29, 1.82) is 0 Å². The molecule has 2 rings (SSSR count). The number of anilines is 1. The molecule has 0 saturated carbocycles. The van der Waals surface area contributed by atoms with Crippen LogP contribution in [0.3, 0.4) is 0 Å². The summed E-state index contributed by atoms with van der Waals surface area (Å²) in [6.45, 7) is 7.48. The minimum atomic E-state index is 0. The van der Waals surface area contributed by atoms with Crippen molar-refractivity contribution in [2.45, 2.75) is 33.1 Å². The number of nitrogens with zero attached hydrogens (tertiary/aromatic N) is 5. The average molecular weight is 460 g/mol. The first-order valence-corrected chi connectivity index (χ1v) is 8.65. The molecule has 0 amide bonds. The molecule has 140 valence electrons. The van der Waals surface area contributed by atoms with Crippen molar-refractivity contribution in [3.05, 3.63) is 12.5 Å². The van der Waals surface area contributed by atoms with Crippen LogP contribution in [0.15, 0.2) is 17.5 Å². The largest absolute Gasteiger partial charge is 0.368 e. The molecule has 2 aromatic rings. The summed E-state index contributed by atoms with van der Waals surface area (Å²) in [5.74, 6) is 1.67. The number of aliphatic imine (C=N–C) groups is 1. The van der Waals surface area contributed by atoms with Gasteiger partial charge in [0.1, 0.15) is 12.1 Å². The van der Waals surface area contributed by atoms with Gasteiger partial charge in [0.15, 0.2) is 11.6 Å². The van der Waals surface area contributed by atoms with Crippen LogP contribution in [0.2, 0.25) is 0 Å². The van der Waals surface area contributed by atoms with E-state index in [2.05, 4.69) is 49.9 Å². The summed E-state index contributed by atoms with van der Waals surface area (Å²) < 4.78 is 1.74. The zero-order valence-corrected chi connectivity index (χ0v) is 17.6. The molecule has 0 atom stereocenters. The van der Waals surface area contributed by atoms with Gasteiger partial charge in [0, 0.05) is 33.2 Å². The molecule has 0 aromatic carbocycles. The molecule has 0 aliphatic carbocycles. The molecule has 0 fully saturated rings. The average Bonchev–Trinajstić information content (AvgIpc) is 2.97. The van der Waals surface area contributed by atoms with Gasteiger partial charge < -0.3 is 16.0 Å². The topological polar surface area (TPSA) is 92.1 Å². The van der Waals surface area contributed by atoms with E-state index >= 15 is 0 Å². The van der Waals surface area contributed by atoms with Gasteiger partial charge in [-0.15, -0.1) is 24.0 Å². The molecule has 0 unspecified atom stereocenters. The molecular formula is C16H29IN8. The third-order valence-electron chi connectivity index (χ3n) is 3.62. The number of hydrogen-bond acceptors (Lipinski definition) is 5. The van der Waals surface area contributed by atoms with Crippen molar-refractivity contribution < 1.29 is 0 Å². The second kappa shape index (κ2) is 11.8. The van der Waals surface area contributed by atoms with E-state index in [4.69, 9.17) is 0 Å². The number of fused-ring (bicyclic) bond motifs is 1. The van der Waals surface area contributed by atoms with E-state index in [1.165, 1.54) is 12.8 Å². The fraction of sp³-hybridized carbons (Fsp3) is 0.625. The molecular weight excluding hydrogens is 431 g/mol. The number of aromatic nitrogens is 4. The molecule has 0 spiro atoms. The summed E-state index contributed by atoms with van der Waals surface area (Å²) in [5, 5.41) is 15.1. The zero-order chi connectivity index (χ0) is 17.2. The van der Waals surface area contributed by atoms with Gasteiger partial charge in [-0.2, -0.15) is 5.10 Å². The maximum Gasteiger partial charge on any atom is 0.191 e. The Morgan fingerprint density at radius 2 is 2.00 bits per heavy atom. The number of halogens is 1. The lowest BCUT2D eigenvalue weighted by atomic mass is 10.2. The van der Waals surface area contributed by atoms with E-state index in [-0.39, 0.29) is 24.0 Å². The first-order valence-electron chi connectivity index (χ1n) is 8.65. The molecule has 0 radical (unpaired) electrons. The summed E-state index contributed by atoms with van der Waals surface area (Å²) in [6, 6.07) is 0. The molecule has 2 aromatic heterocycles. The van der Waals surface area contributed by atoms with E-state index in [1.54, 1.807) is 17.2 Å². The number of rotatable bonds is 9. The van der Waals surface area contributed by atoms with Crippen LogP contribution < -0.4 is 16.0 Å². The van der Waals surface area contributed by atoms with Gasteiger partial charge in [0.2, 0.25) is 0 Å². The van der Waals surface area contributed by atoms with Gasteiger partial charge in [-0.3, -0.25) is 9.67 Å². The van der Waals surface area contributed by atoms with E-state index in [0.29, 0.717) is 0 Å². The molecule has 0 aliphatic heterocycles. The Balaban J connectivity index is 0.00000312. The standard InChI is InChI=1S/C16H28N8.HI/c1-4-6-7-8-19-16(17-5-2)20-10-9-18-14-13-11-23-24(3)15(13)22-12-21-14;/h11-12H,4-10H2,1-3H3,(H2,17,19,20)(H,18,21,22);1H. The van der Waals surface area contributed by atoms with Crippen LogP contribution in [0, 0.1) is 0 Å². The second-order valence-electron chi connectivity index (χ2n) is 5.55. The van der Waals surface area contributed by atoms with Crippen molar-refractivity contribution >= 4 is 46.8 Å². The summed E-state index contributed by atoms with van der Waals surface area (Å²) in [7, 11) is 1.87. The highest BCUT2D eigenvalue weighted by Crippen LogP contribution is 2.16. The van der Waals surface area contributed by atoms with E-state index < -0.39 is 0 Å². The van der Waals surface area contributed by atoms with Gasteiger partial charge in [-0.05, 0) is 13.3 Å². The fourth-order valence-electron chi connectivity index (χ4n) is 2.36. The first kappa shape index (κ1) is 21.4. The third kappa shape index (κ3) is 6.63. The normalized spacial score (nSPS) is 11.2. The summed E-state index contributed by atoms with van der Waals surface area (Å²) in [6.07, 6.45) is 6.90. The Kier molecular flexibility index (Phi) is 10.1. The van der Waals surface area contributed by atoms with Gasteiger partial charge in [-0.25, -0.2) is 9.97 Å². The molecule has 0 aliphatic rings. The number of nitrogens with one attached hydrogen (secondary N) is 3. The smallest absolute Gasteiger partial charge is 0.191 e. The highest BCUT2D eigenvalue weighted by atomic mass is 127. The van der Waals surface area contributed by atoms with Crippen LogP contribution >= 0.6 is 24.0 Å². The van der Waals surface area contributed by atoms with Gasteiger partial charge in [0.25, 0.3) is 0 Å². The minimum Gasteiger partial charge on any atom is -0.368 e. The predicted molar refractivity (Wildman–Crippen MR) is 114 cm³/mol. The Morgan fingerprint density at radius 3 is 2.76 bits per heavy atom. The van der Waals surface area contributed by atoms with Crippen molar-refractivity contribution in [2.75, 3.05) is 31.5 Å². The van der Waals surface area contributed by atoms with Crippen LogP contribution in [0.4, 0.5) is 5.82 Å². The van der Waals surface area contributed by atoms with E-state index in [9.17, 15) is 0 Å². The Hall–Kier alpha value is -1.65. The van der Waals surface area contributed by atoms with Crippen LogP contribution in [0.5, 0.6) is 0 Å². The lowest BCUT2D eigenvalue weighted by Crippen LogP contribution is -2.39. The zero-order valence-electron chi connectivity index (χ0n) is 15.2. The molecule has 9 heteroatoms. The second-order valence-corrected chi connectivity index (χ2v) is 5.55. The van der Waals surface area contributed by atoms with Crippen molar-refractivity contribution in [1.82, 2.24) is 30.4 Å². The molecule has 8 nitrogen and oxygen atoms in total. The van der Waals surface area contributed by atoms with Crippen LogP contribution in [-0.4, -0.2) is 51.9 Å². The van der Waals surface area contributed by atoms with Crippen LogP contribution in [-0.2, 0) is 7.05 Å². The van der Waals surface area contributed by atoms with Crippen molar-refractivity contribution in [3.8, 4) is 0 Å². The monoisotopic (exact) mass is 460 g/mol. The molecule has 25 heavy (non-hydrogen) atoms.